The van der Waals surface area contributed by atoms with Crippen LogP contribution in [-0.2, 0) is 9.47 Å². The lowest BCUT2D eigenvalue weighted by Gasteiger charge is -2.26. The standard InChI is InChI=1S/C36H29NO2/c1-3-7-27(8-4-1)34(28-9-5-2-6-10-28)23-26-11-17-31(18-12-26)37(32-19-13-29(14-20-32)35-24-38-35)33-21-15-30(16-22-33)36-25-39-36/h1-23,35-36H,24-25H2. The highest BCUT2D eigenvalue weighted by Gasteiger charge is 2.26. The average molecular weight is 508 g/mol. The molecule has 5 aromatic carbocycles. The van der Waals surface area contributed by atoms with Gasteiger partial charge in [0.15, 0.2) is 0 Å². The molecule has 2 atom stereocenters. The van der Waals surface area contributed by atoms with Crippen molar-refractivity contribution in [2.24, 2.45) is 0 Å². The van der Waals surface area contributed by atoms with E-state index in [4.69, 9.17) is 9.47 Å². The number of nitrogens with zero attached hydrogens (tertiary/aromatic N) is 1. The second-order valence-corrected chi connectivity index (χ2v) is 10.0. The highest BCUT2D eigenvalue weighted by Crippen LogP contribution is 2.39. The number of hydrogen-bond acceptors (Lipinski definition) is 3. The molecule has 39 heavy (non-hydrogen) atoms. The first-order valence-corrected chi connectivity index (χ1v) is 13.5. The minimum Gasteiger partial charge on any atom is -0.368 e. The van der Waals surface area contributed by atoms with Gasteiger partial charge in [0, 0.05) is 17.1 Å². The van der Waals surface area contributed by atoms with Crippen LogP contribution < -0.4 is 4.90 Å². The normalized spacial score (nSPS) is 17.3. The van der Waals surface area contributed by atoms with Gasteiger partial charge >= 0.3 is 0 Å². The van der Waals surface area contributed by atoms with Gasteiger partial charge in [-0.3, -0.25) is 0 Å². The van der Waals surface area contributed by atoms with Crippen LogP contribution in [0.3, 0.4) is 0 Å². The summed E-state index contributed by atoms with van der Waals surface area (Å²) in [6.07, 6.45) is 2.77. The van der Waals surface area contributed by atoms with Crippen molar-refractivity contribution >= 4 is 28.7 Å². The van der Waals surface area contributed by atoms with Gasteiger partial charge in [-0.1, -0.05) is 97.1 Å². The predicted octanol–water partition coefficient (Wildman–Crippen LogP) is 8.89. The Labute approximate surface area is 229 Å². The second kappa shape index (κ2) is 10.4. The van der Waals surface area contributed by atoms with E-state index in [-0.39, 0.29) is 12.2 Å². The third kappa shape index (κ3) is 5.28. The Morgan fingerprint density at radius 1 is 0.513 bits per heavy atom. The molecule has 0 radical (unpaired) electrons. The topological polar surface area (TPSA) is 28.3 Å². The van der Waals surface area contributed by atoms with E-state index in [0.717, 1.165) is 35.8 Å². The van der Waals surface area contributed by atoms with Gasteiger partial charge in [0.25, 0.3) is 0 Å². The maximum atomic E-state index is 5.48. The molecule has 0 saturated carbocycles. The van der Waals surface area contributed by atoms with Crippen LogP contribution in [0.25, 0.3) is 11.6 Å². The van der Waals surface area contributed by atoms with E-state index < -0.39 is 0 Å². The summed E-state index contributed by atoms with van der Waals surface area (Å²) in [6, 6.07) is 47.4. The molecule has 2 aliphatic rings. The van der Waals surface area contributed by atoms with Gasteiger partial charge < -0.3 is 14.4 Å². The van der Waals surface area contributed by atoms with Crippen molar-refractivity contribution in [2.45, 2.75) is 12.2 Å². The van der Waals surface area contributed by atoms with E-state index in [2.05, 4.69) is 144 Å². The molecule has 2 heterocycles. The molecular formula is C36H29NO2. The molecular weight excluding hydrogens is 478 g/mol. The van der Waals surface area contributed by atoms with Crippen molar-refractivity contribution in [1.82, 2.24) is 0 Å². The smallest absolute Gasteiger partial charge is 0.106 e. The number of epoxide rings is 2. The van der Waals surface area contributed by atoms with Gasteiger partial charge in [-0.05, 0) is 75.9 Å². The summed E-state index contributed by atoms with van der Waals surface area (Å²) in [7, 11) is 0. The zero-order valence-electron chi connectivity index (χ0n) is 21.6. The van der Waals surface area contributed by atoms with E-state index in [0.29, 0.717) is 0 Å². The van der Waals surface area contributed by atoms with E-state index in [1.54, 1.807) is 0 Å². The summed E-state index contributed by atoms with van der Waals surface area (Å²) in [5.74, 6) is 0. The summed E-state index contributed by atoms with van der Waals surface area (Å²) in [5, 5.41) is 0. The number of hydrogen-bond donors (Lipinski definition) is 0. The maximum absolute atomic E-state index is 5.48. The van der Waals surface area contributed by atoms with Crippen LogP contribution in [0.4, 0.5) is 17.1 Å². The van der Waals surface area contributed by atoms with Crippen LogP contribution in [0.2, 0.25) is 0 Å². The van der Waals surface area contributed by atoms with Crippen molar-refractivity contribution in [3.63, 3.8) is 0 Å². The van der Waals surface area contributed by atoms with Gasteiger partial charge in [-0.15, -0.1) is 0 Å². The van der Waals surface area contributed by atoms with E-state index >= 15 is 0 Å². The van der Waals surface area contributed by atoms with Gasteiger partial charge in [-0.25, -0.2) is 0 Å². The Bertz CT molecular complexity index is 1470. The summed E-state index contributed by atoms with van der Waals surface area (Å²) in [5.41, 5.74) is 10.6. The molecule has 0 bridgehead atoms. The van der Waals surface area contributed by atoms with E-state index in [9.17, 15) is 0 Å². The lowest BCUT2D eigenvalue weighted by molar-refractivity contribution is 0.415. The molecule has 190 valence electrons. The van der Waals surface area contributed by atoms with Crippen LogP contribution >= 0.6 is 0 Å². The Morgan fingerprint density at radius 3 is 1.28 bits per heavy atom. The zero-order chi connectivity index (χ0) is 26.0. The minimum absolute atomic E-state index is 0.250. The average Bonchev–Trinajstić information content (AvgIpc) is 3.93. The molecule has 0 spiro atoms. The zero-order valence-corrected chi connectivity index (χ0v) is 21.6. The minimum atomic E-state index is 0.250. The summed E-state index contributed by atoms with van der Waals surface area (Å²) in [4.78, 5) is 2.30. The maximum Gasteiger partial charge on any atom is 0.106 e. The summed E-state index contributed by atoms with van der Waals surface area (Å²) < 4.78 is 11.0. The quantitative estimate of drug-likeness (QED) is 0.155. The van der Waals surface area contributed by atoms with Gasteiger partial charge in [0.2, 0.25) is 0 Å². The Hall–Kier alpha value is -4.44. The molecule has 5 aromatic rings. The highest BCUT2D eigenvalue weighted by molar-refractivity contribution is 5.91. The van der Waals surface area contributed by atoms with Crippen LogP contribution in [0.15, 0.2) is 133 Å². The van der Waals surface area contributed by atoms with Crippen LogP contribution in [0.1, 0.15) is 40.0 Å². The van der Waals surface area contributed by atoms with Crippen LogP contribution in [0, 0.1) is 0 Å². The molecule has 2 aliphatic heterocycles. The Balaban J connectivity index is 1.25. The van der Waals surface area contributed by atoms with Gasteiger partial charge in [-0.2, -0.15) is 0 Å². The summed E-state index contributed by atoms with van der Waals surface area (Å²) >= 11 is 0. The Morgan fingerprint density at radius 2 is 0.897 bits per heavy atom. The second-order valence-electron chi connectivity index (χ2n) is 10.0. The number of rotatable bonds is 8. The molecule has 7 rings (SSSR count). The van der Waals surface area contributed by atoms with Crippen molar-refractivity contribution in [1.29, 1.82) is 0 Å². The number of ether oxygens (including phenoxy) is 2. The first-order chi connectivity index (χ1) is 19.3. The molecule has 0 aromatic heterocycles. The highest BCUT2D eigenvalue weighted by atomic mass is 16.6. The molecule has 3 heteroatoms. The van der Waals surface area contributed by atoms with E-state index in [1.807, 2.05) is 0 Å². The molecule has 0 N–H and O–H groups in total. The molecule has 2 fully saturated rings. The molecule has 0 aliphatic carbocycles. The molecule has 3 nitrogen and oxygen atoms in total. The largest absolute Gasteiger partial charge is 0.368 e. The van der Waals surface area contributed by atoms with Crippen molar-refractivity contribution < 1.29 is 9.47 Å². The fourth-order valence-corrected chi connectivity index (χ4v) is 5.06. The third-order valence-electron chi connectivity index (χ3n) is 7.34. The van der Waals surface area contributed by atoms with Crippen LogP contribution in [0.5, 0.6) is 0 Å². The first-order valence-electron chi connectivity index (χ1n) is 13.5. The fraction of sp³-hybridized carbons (Fsp3) is 0.111. The first kappa shape index (κ1) is 23.7. The monoisotopic (exact) mass is 507 g/mol. The fourth-order valence-electron chi connectivity index (χ4n) is 5.06. The lowest BCUT2D eigenvalue weighted by atomic mass is 9.95. The van der Waals surface area contributed by atoms with Crippen LogP contribution in [-0.4, -0.2) is 13.2 Å². The molecule has 2 saturated heterocycles. The van der Waals surface area contributed by atoms with Gasteiger partial charge in [0.05, 0.1) is 13.2 Å². The number of anilines is 3. The van der Waals surface area contributed by atoms with Crippen molar-refractivity contribution in [3.05, 3.63) is 161 Å². The van der Waals surface area contributed by atoms with E-state index in [1.165, 1.54) is 27.8 Å². The Kier molecular flexibility index (Phi) is 6.29. The predicted molar refractivity (Wildman–Crippen MR) is 158 cm³/mol. The molecule has 0 amide bonds. The number of benzene rings is 5. The van der Waals surface area contributed by atoms with Gasteiger partial charge in [0.1, 0.15) is 12.2 Å². The summed E-state index contributed by atoms with van der Waals surface area (Å²) in [6.45, 7) is 1.63. The van der Waals surface area contributed by atoms with Crippen molar-refractivity contribution in [3.8, 4) is 0 Å². The molecule has 2 unspecified atom stereocenters. The van der Waals surface area contributed by atoms with Crippen molar-refractivity contribution in [2.75, 3.05) is 18.1 Å². The SMILES string of the molecule is C(=C(c1ccccc1)c1ccccc1)c1ccc(N(c2ccc(C3CO3)cc2)c2ccc(C3CO3)cc2)cc1. The third-order valence-corrected chi connectivity index (χ3v) is 7.34. The lowest BCUT2D eigenvalue weighted by Crippen LogP contribution is -2.10.